The summed E-state index contributed by atoms with van der Waals surface area (Å²) >= 11 is 0. The van der Waals surface area contributed by atoms with Gasteiger partial charge in [0.2, 0.25) is 5.91 Å². The minimum absolute atomic E-state index is 0.152. The molecular weight excluding hydrogens is 266 g/mol. The lowest BCUT2D eigenvalue weighted by molar-refractivity contribution is -0.147. The molecule has 1 aromatic heterocycles. The average Bonchev–Trinajstić information content (AvgIpc) is 2.41. The number of morpholine rings is 1. The van der Waals surface area contributed by atoms with Gasteiger partial charge in [-0.05, 0) is 6.92 Å². The van der Waals surface area contributed by atoms with Gasteiger partial charge in [-0.2, -0.15) is 0 Å². The summed E-state index contributed by atoms with van der Waals surface area (Å²) in [6.45, 7) is 2.20. The number of H-pyrrole nitrogens is 1. The number of carbonyl (C=O) groups excluding carboxylic acids is 1. The molecule has 1 aliphatic rings. The fourth-order valence-corrected chi connectivity index (χ4v) is 2.16. The number of carbonyl (C=O) groups is 1. The van der Waals surface area contributed by atoms with E-state index in [1.165, 1.54) is 12.3 Å². The van der Waals surface area contributed by atoms with Gasteiger partial charge >= 0.3 is 5.69 Å². The number of rotatable bonds is 3. The number of nitrogens with zero attached hydrogens (tertiary/aromatic N) is 2. The molecule has 8 heteroatoms. The summed E-state index contributed by atoms with van der Waals surface area (Å²) in [6.07, 6.45) is 0.707. The minimum Gasteiger partial charge on any atom is -0.394 e. The molecule has 0 bridgehead atoms. The van der Waals surface area contributed by atoms with E-state index in [2.05, 4.69) is 4.98 Å². The number of nitrogens with one attached hydrogen (secondary N) is 1. The molecule has 1 fully saturated rings. The summed E-state index contributed by atoms with van der Waals surface area (Å²) < 4.78 is 6.58. The molecular formula is C12H17N3O5. The zero-order chi connectivity index (χ0) is 14.7. The molecule has 2 heterocycles. The molecule has 0 aromatic carbocycles. The van der Waals surface area contributed by atoms with Crippen molar-refractivity contribution in [2.24, 2.45) is 0 Å². The normalized spacial score (nSPS) is 22.8. The van der Waals surface area contributed by atoms with Gasteiger partial charge in [0.1, 0.15) is 6.54 Å². The van der Waals surface area contributed by atoms with E-state index in [-0.39, 0.29) is 31.7 Å². The monoisotopic (exact) mass is 283 g/mol. The summed E-state index contributed by atoms with van der Waals surface area (Å²) in [5, 5.41) is 9.11. The smallest absolute Gasteiger partial charge is 0.328 e. The zero-order valence-electron chi connectivity index (χ0n) is 11.1. The van der Waals surface area contributed by atoms with E-state index in [9.17, 15) is 14.4 Å². The Labute approximate surface area is 114 Å². The van der Waals surface area contributed by atoms with Crippen molar-refractivity contribution in [1.82, 2.24) is 14.5 Å². The van der Waals surface area contributed by atoms with Gasteiger partial charge in [0, 0.05) is 25.4 Å². The lowest BCUT2D eigenvalue weighted by atomic mass is 10.2. The van der Waals surface area contributed by atoms with Gasteiger partial charge in [-0.25, -0.2) is 4.79 Å². The topological polar surface area (TPSA) is 105 Å². The molecule has 2 N–H and O–H groups in total. The summed E-state index contributed by atoms with van der Waals surface area (Å²) in [5.74, 6) is -0.257. The van der Waals surface area contributed by atoms with Crippen molar-refractivity contribution in [1.29, 1.82) is 0 Å². The minimum atomic E-state index is -0.620. The van der Waals surface area contributed by atoms with Crippen molar-refractivity contribution >= 4 is 5.91 Å². The Kier molecular flexibility index (Phi) is 4.35. The van der Waals surface area contributed by atoms with E-state index in [4.69, 9.17) is 9.84 Å². The first-order valence-electron chi connectivity index (χ1n) is 6.33. The molecule has 2 rings (SSSR count). The molecule has 20 heavy (non-hydrogen) atoms. The Balaban J connectivity index is 2.07. The Morgan fingerprint density at radius 2 is 2.25 bits per heavy atom. The van der Waals surface area contributed by atoms with Crippen LogP contribution < -0.4 is 11.2 Å². The van der Waals surface area contributed by atoms with Crippen molar-refractivity contribution in [3.8, 4) is 0 Å². The second kappa shape index (κ2) is 6.02. The predicted octanol–water partition coefficient (Wildman–Crippen LogP) is -1.86. The first kappa shape index (κ1) is 14.5. The van der Waals surface area contributed by atoms with Crippen LogP contribution in [-0.4, -0.2) is 57.4 Å². The summed E-state index contributed by atoms with van der Waals surface area (Å²) in [4.78, 5) is 38.3. The highest BCUT2D eigenvalue weighted by molar-refractivity contribution is 5.76. The maximum Gasteiger partial charge on any atom is 0.328 e. The molecule has 1 saturated heterocycles. The largest absolute Gasteiger partial charge is 0.394 e. The maximum absolute atomic E-state index is 12.1. The zero-order valence-corrected chi connectivity index (χ0v) is 11.1. The molecule has 1 amide bonds. The molecule has 8 nitrogen and oxygen atoms in total. The molecule has 0 spiro atoms. The fraction of sp³-hybridized carbons (Fsp3) is 0.583. The van der Waals surface area contributed by atoms with Crippen LogP contribution in [0.4, 0.5) is 0 Å². The van der Waals surface area contributed by atoms with Gasteiger partial charge in [-0.3, -0.25) is 19.1 Å². The number of aliphatic hydroxyl groups excluding tert-OH is 1. The van der Waals surface area contributed by atoms with Crippen molar-refractivity contribution in [3.63, 3.8) is 0 Å². The molecule has 1 aliphatic heterocycles. The van der Waals surface area contributed by atoms with Gasteiger partial charge in [-0.15, -0.1) is 0 Å². The summed E-state index contributed by atoms with van der Waals surface area (Å²) in [5.41, 5.74) is -1.12. The molecule has 110 valence electrons. The molecule has 0 saturated carbocycles. The second-order valence-electron chi connectivity index (χ2n) is 4.79. The quantitative estimate of drug-likeness (QED) is 0.677. The van der Waals surface area contributed by atoms with E-state index < -0.39 is 17.4 Å². The first-order chi connectivity index (χ1) is 9.49. The Morgan fingerprint density at radius 1 is 1.50 bits per heavy atom. The van der Waals surface area contributed by atoms with E-state index in [0.29, 0.717) is 6.54 Å². The van der Waals surface area contributed by atoms with E-state index in [0.717, 1.165) is 4.57 Å². The van der Waals surface area contributed by atoms with Crippen molar-refractivity contribution in [2.75, 3.05) is 19.7 Å². The van der Waals surface area contributed by atoms with Crippen LogP contribution in [0.3, 0.4) is 0 Å². The molecule has 2 unspecified atom stereocenters. The highest BCUT2D eigenvalue weighted by Gasteiger charge is 2.27. The summed E-state index contributed by atoms with van der Waals surface area (Å²) in [6, 6.07) is 1.19. The predicted molar refractivity (Wildman–Crippen MR) is 69.3 cm³/mol. The van der Waals surface area contributed by atoms with Crippen LogP contribution in [0.25, 0.3) is 0 Å². The number of hydrogen-bond acceptors (Lipinski definition) is 5. The SMILES string of the molecule is CC1CN(C(=O)Cn2ccc(=O)[nH]c2=O)CC(CO)O1. The van der Waals surface area contributed by atoms with Gasteiger partial charge < -0.3 is 14.7 Å². The molecule has 1 aromatic rings. The van der Waals surface area contributed by atoms with Gasteiger partial charge in [-0.1, -0.05) is 0 Å². The standard InChI is InChI=1S/C12H17N3O5/c1-8-4-15(5-9(7-16)20-8)11(18)6-14-3-2-10(17)13-12(14)19/h2-3,8-9,16H,4-7H2,1H3,(H,13,17,19). The van der Waals surface area contributed by atoms with Crippen molar-refractivity contribution in [3.05, 3.63) is 33.1 Å². The van der Waals surface area contributed by atoms with Crippen molar-refractivity contribution < 1.29 is 14.6 Å². The lowest BCUT2D eigenvalue weighted by Crippen LogP contribution is -2.51. The third kappa shape index (κ3) is 3.34. The third-order valence-corrected chi connectivity index (χ3v) is 3.09. The number of aromatic amines is 1. The third-order valence-electron chi connectivity index (χ3n) is 3.09. The molecule has 2 atom stereocenters. The molecule has 0 radical (unpaired) electrons. The van der Waals surface area contributed by atoms with Crippen LogP contribution in [0.1, 0.15) is 6.92 Å². The van der Waals surface area contributed by atoms with Crippen LogP contribution >= 0.6 is 0 Å². The van der Waals surface area contributed by atoms with Gasteiger partial charge in [0.25, 0.3) is 5.56 Å². The fourth-order valence-electron chi connectivity index (χ4n) is 2.16. The van der Waals surface area contributed by atoms with E-state index >= 15 is 0 Å². The maximum atomic E-state index is 12.1. The highest BCUT2D eigenvalue weighted by Crippen LogP contribution is 2.11. The Hall–Kier alpha value is -1.93. The van der Waals surface area contributed by atoms with E-state index in [1.807, 2.05) is 6.92 Å². The van der Waals surface area contributed by atoms with Gasteiger partial charge in [0.05, 0.1) is 18.8 Å². The summed E-state index contributed by atoms with van der Waals surface area (Å²) in [7, 11) is 0. The lowest BCUT2D eigenvalue weighted by Gasteiger charge is -2.36. The van der Waals surface area contributed by atoms with Crippen LogP contribution in [0.5, 0.6) is 0 Å². The first-order valence-corrected chi connectivity index (χ1v) is 6.33. The number of amides is 1. The number of ether oxygens (including phenoxy) is 1. The number of aliphatic hydroxyl groups is 1. The van der Waals surface area contributed by atoms with Crippen LogP contribution in [0, 0.1) is 0 Å². The van der Waals surface area contributed by atoms with Gasteiger partial charge in [0.15, 0.2) is 0 Å². The Bertz CT molecular complexity index is 593. The average molecular weight is 283 g/mol. The van der Waals surface area contributed by atoms with Crippen LogP contribution in [0.2, 0.25) is 0 Å². The number of aromatic nitrogens is 2. The Morgan fingerprint density at radius 3 is 2.90 bits per heavy atom. The van der Waals surface area contributed by atoms with E-state index in [1.54, 1.807) is 4.90 Å². The molecule has 0 aliphatic carbocycles. The number of hydrogen-bond donors (Lipinski definition) is 2. The van der Waals surface area contributed by atoms with Crippen LogP contribution in [0.15, 0.2) is 21.9 Å². The van der Waals surface area contributed by atoms with Crippen molar-refractivity contribution in [2.45, 2.75) is 25.7 Å². The second-order valence-corrected chi connectivity index (χ2v) is 4.79. The van der Waals surface area contributed by atoms with Crippen LogP contribution in [-0.2, 0) is 16.1 Å². The highest BCUT2D eigenvalue weighted by atomic mass is 16.5.